The van der Waals surface area contributed by atoms with Crippen molar-refractivity contribution in [3.05, 3.63) is 63.6 Å². The number of halogens is 3. The monoisotopic (exact) mass is 355 g/mol. The average molecular weight is 356 g/mol. The minimum Gasteiger partial charge on any atom is -0.488 e. The Morgan fingerprint density at radius 2 is 1.95 bits per heavy atom. The Labute approximate surface area is 131 Å². The molecule has 0 aromatic heterocycles. The third-order valence-electron chi connectivity index (χ3n) is 3.25. The Bertz CT molecular complexity index is 634. The molecule has 1 atom stereocenters. The highest BCUT2D eigenvalue weighted by Gasteiger charge is 2.11. The zero-order valence-corrected chi connectivity index (χ0v) is 13.4. The molecule has 2 rings (SSSR count). The first kappa shape index (κ1) is 15.9. The Morgan fingerprint density at radius 1 is 1.19 bits per heavy atom. The summed E-state index contributed by atoms with van der Waals surface area (Å²) in [6, 6.07) is 9.17. The van der Waals surface area contributed by atoms with Crippen LogP contribution in [0.2, 0.25) is 0 Å². The maximum atomic E-state index is 13.4. The van der Waals surface area contributed by atoms with Gasteiger partial charge in [0.1, 0.15) is 24.0 Å². The number of nitrogens with one attached hydrogen (secondary N) is 1. The molecule has 5 heteroatoms. The van der Waals surface area contributed by atoms with Gasteiger partial charge < -0.3 is 10.1 Å². The highest BCUT2D eigenvalue weighted by molar-refractivity contribution is 9.10. The van der Waals surface area contributed by atoms with Gasteiger partial charge >= 0.3 is 0 Å². The zero-order valence-electron chi connectivity index (χ0n) is 11.8. The highest BCUT2D eigenvalue weighted by atomic mass is 79.9. The van der Waals surface area contributed by atoms with E-state index in [1.165, 1.54) is 18.2 Å². The minimum atomic E-state index is -0.350. The molecule has 0 radical (unpaired) electrons. The summed E-state index contributed by atoms with van der Waals surface area (Å²) < 4.78 is 32.7. The molecule has 0 saturated carbocycles. The summed E-state index contributed by atoms with van der Waals surface area (Å²) in [4.78, 5) is 0. The molecule has 0 aliphatic heterocycles. The predicted octanol–water partition coefficient (Wildman–Crippen LogP) is 4.59. The minimum absolute atomic E-state index is 0.0422. The molecule has 0 bridgehead atoms. The molecule has 1 N–H and O–H groups in total. The Morgan fingerprint density at radius 3 is 2.62 bits per heavy atom. The fraction of sp³-hybridized carbons (Fsp3) is 0.250. The van der Waals surface area contributed by atoms with Crippen molar-refractivity contribution < 1.29 is 13.5 Å². The van der Waals surface area contributed by atoms with Crippen molar-refractivity contribution in [3.8, 4) is 5.75 Å². The van der Waals surface area contributed by atoms with Crippen LogP contribution in [0.25, 0.3) is 0 Å². The third-order valence-corrected chi connectivity index (χ3v) is 3.86. The van der Waals surface area contributed by atoms with Crippen LogP contribution in [0.1, 0.15) is 24.1 Å². The molecule has 0 heterocycles. The van der Waals surface area contributed by atoms with Gasteiger partial charge in [-0.1, -0.05) is 12.1 Å². The summed E-state index contributed by atoms with van der Waals surface area (Å²) >= 11 is 3.13. The maximum absolute atomic E-state index is 13.4. The van der Waals surface area contributed by atoms with Crippen LogP contribution >= 0.6 is 15.9 Å². The van der Waals surface area contributed by atoms with Crippen molar-refractivity contribution in [2.75, 3.05) is 7.05 Å². The van der Waals surface area contributed by atoms with E-state index in [1.807, 2.05) is 14.0 Å². The van der Waals surface area contributed by atoms with Gasteiger partial charge in [0.25, 0.3) is 0 Å². The van der Waals surface area contributed by atoms with Crippen molar-refractivity contribution >= 4 is 15.9 Å². The number of rotatable bonds is 5. The number of hydrogen-bond donors (Lipinski definition) is 1. The van der Waals surface area contributed by atoms with Gasteiger partial charge in [-0.25, -0.2) is 8.78 Å². The van der Waals surface area contributed by atoms with Crippen LogP contribution in [0.4, 0.5) is 8.78 Å². The number of hydrogen-bond acceptors (Lipinski definition) is 2. The summed E-state index contributed by atoms with van der Waals surface area (Å²) in [6.07, 6.45) is 0. The molecule has 0 aliphatic rings. The lowest BCUT2D eigenvalue weighted by Gasteiger charge is -2.16. The Hall–Kier alpha value is -1.46. The average Bonchev–Trinajstić information content (AvgIpc) is 2.48. The van der Waals surface area contributed by atoms with Crippen LogP contribution in [0, 0.1) is 11.6 Å². The molecule has 0 aliphatic carbocycles. The molecule has 0 amide bonds. The quantitative estimate of drug-likeness (QED) is 0.846. The molecule has 112 valence electrons. The molecule has 1 unspecified atom stereocenters. The van der Waals surface area contributed by atoms with E-state index in [9.17, 15) is 8.78 Å². The van der Waals surface area contributed by atoms with Crippen molar-refractivity contribution in [1.82, 2.24) is 5.32 Å². The molecule has 2 nitrogen and oxygen atoms in total. The van der Waals surface area contributed by atoms with Gasteiger partial charge in [-0.2, -0.15) is 0 Å². The SMILES string of the molecule is CNC(C)c1ccc(F)cc1OCc1ccc(F)c(Br)c1. The first-order valence-corrected chi connectivity index (χ1v) is 7.34. The fourth-order valence-corrected chi connectivity index (χ4v) is 2.36. The van der Waals surface area contributed by atoms with E-state index in [2.05, 4.69) is 21.2 Å². The van der Waals surface area contributed by atoms with Gasteiger partial charge in [0, 0.05) is 17.7 Å². The van der Waals surface area contributed by atoms with Crippen LogP contribution in [-0.4, -0.2) is 7.05 Å². The van der Waals surface area contributed by atoms with Gasteiger partial charge in [-0.3, -0.25) is 0 Å². The maximum Gasteiger partial charge on any atom is 0.137 e. The second-order valence-electron chi connectivity index (χ2n) is 4.73. The summed E-state index contributed by atoms with van der Waals surface area (Å²) in [5, 5.41) is 3.10. The molecule has 0 spiro atoms. The van der Waals surface area contributed by atoms with Crippen molar-refractivity contribution in [2.24, 2.45) is 0 Å². The zero-order chi connectivity index (χ0) is 15.4. The van der Waals surface area contributed by atoms with Crippen molar-refractivity contribution in [2.45, 2.75) is 19.6 Å². The van der Waals surface area contributed by atoms with Gasteiger partial charge in [-0.05, 0) is 53.7 Å². The van der Waals surface area contributed by atoms with E-state index >= 15 is 0 Å². The highest BCUT2D eigenvalue weighted by Crippen LogP contribution is 2.27. The van der Waals surface area contributed by atoms with E-state index in [-0.39, 0.29) is 24.3 Å². The summed E-state index contributed by atoms with van der Waals surface area (Å²) in [7, 11) is 1.83. The summed E-state index contributed by atoms with van der Waals surface area (Å²) in [6.45, 7) is 2.21. The van der Waals surface area contributed by atoms with Crippen LogP contribution < -0.4 is 10.1 Å². The van der Waals surface area contributed by atoms with Crippen molar-refractivity contribution in [3.63, 3.8) is 0 Å². The van der Waals surface area contributed by atoms with E-state index in [0.717, 1.165) is 11.1 Å². The van der Waals surface area contributed by atoms with Crippen LogP contribution in [0.3, 0.4) is 0 Å². The molecular formula is C16H16BrF2NO. The Kier molecular flexibility index (Phi) is 5.31. The first-order chi connectivity index (χ1) is 10.0. The lowest BCUT2D eigenvalue weighted by molar-refractivity contribution is 0.298. The van der Waals surface area contributed by atoms with E-state index in [0.29, 0.717) is 10.2 Å². The van der Waals surface area contributed by atoms with Crippen molar-refractivity contribution in [1.29, 1.82) is 0 Å². The van der Waals surface area contributed by atoms with Gasteiger partial charge in [0.2, 0.25) is 0 Å². The molecule has 2 aromatic rings. The standard InChI is InChI=1S/C16H16BrF2NO/c1-10(20-2)13-5-4-12(18)8-16(13)21-9-11-3-6-15(19)14(17)7-11/h3-8,10,20H,9H2,1-2H3. The predicted molar refractivity (Wildman–Crippen MR) is 82.3 cm³/mol. The first-order valence-electron chi connectivity index (χ1n) is 6.54. The Balaban J connectivity index is 2.18. The molecular weight excluding hydrogens is 340 g/mol. The number of ether oxygens (including phenoxy) is 1. The summed E-state index contributed by atoms with van der Waals surface area (Å²) in [5.74, 6) is -0.191. The van der Waals surface area contributed by atoms with Crippen LogP contribution in [0.5, 0.6) is 5.75 Å². The van der Waals surface area contributed by atoms with Crippen LogP contribution in [-0.2, 0) is 6.61 Å². The molecule has 0 saturated heterocycles. The lowest BCUT2D eigenvalue weighted by atomic mass is 10.1. The second kappa shape index (κ2) is 7.00. The van der Waals surface area contributed by atoms with Gasteiger partial charge in [0.05, 0.1) is 4.47 Å². The second-order valence-corrected chi connectivity index (χ2v) is 5.58. The lowest BCUT2D eigenvalue weighted by Crippen LogP contribution is -2.14. The number of benzene rings is 2. The molecule has 0 fully saturated rings. The normalized spacial score (nSPS) is 12.2. The largest absolute Gasteiger partial charge is 0.488 e. The summed E-state index contributed by atoms with van der Waals surface area (Å²) in [5.41, 5.74) is 1.68. The van der Waals surface area contributed by atoms with Gasteiger partial charge in [0.15, 0.2) is 0 Å². The van der Waals surface area contributed by atoms with E-state index < -0.39 is 0 Å². The van der Waals surface area contributed by atoms with E-state index in [4.69, 9.17) is 4.74 Å². The van der Waals surface area contributed by atoms with Crippen LogP contribution in [0.15, 0.2) is 40.9 Å². The van der Waals surface area contributed by atoms with E-state index in [1.54, 1.807) is 18.2 Å². The van der Waals surface area contributed by atoms with Gasteiger partial charge in [-0.15, -0.1) is 0 Å². The fourth-order valence-electron chi connectivity index (χ4n) is 1.94. The smallest absolute Gasteiger partial charge is 0.137 e. The topological polar surface area (TPSA) is 21.3 Å². The third kappa shape index (κ3) is 4.02. The molecule has 21 heavy (non-hydrogen) atoms. The molecule has 2 aromatic carbocycles.